The average molecular weight is 535 g/mol. The maximum atomic E-state index is 13.8. The van der Waals surface area contributed by atoms with E-state index in [1.807, 2.05) is 30.9 Å². The summed E-state index contributed by atoms with van der Waals surface area (Å²) < 4.78 is 11.4. The Labute approximate surface area is 230 Å². The molecular formula is C31H38N2O4S. The fourth-order valence-corrected chi connectivity index (χ4v) is 5.71. The average Bonchev–Trinajstić information content (AvgIpc) is 3.43. The van der Waals surface area contributed by atoms with Crippen molar-refractivity contribution < 1.29 is 19.1 Å². The lowest BCUT2D eigenvalue weighted by Crippen LogP contribution is -2.49. The number of carbonyl (C=O) groups excluding carboxylic acids is 2. The maximum absolute atomic E-state index is 13.8. The molecular weight excluding hydrogens is 496 g/mol. The normalized spacial score (nSPS) is 15.6. The number of benzene rings is 2. The van der Waals surface area contributed by atoms with Gasteiger partial charge in [0, 0.05) is 23.0 Å². The van der Waals surface area contributed by atoms with Gasteiger partial charge in [-0.15, -0.1) is 11.3 Å². The van der Waals surface area contributed by atoms with Crippen molar-refractivity contribution in [3.05, 3.63) is 81.5 Å². The van der Waals surface area contributed by atoms with Crippen LogP contribution >= 0.6 is 11.3 Å². The van der Waals surface area contributed by atoms with Crippen LogP contribution < -0.4 is 9.47 Å². The van der Waals surface area contributed by atoms with E-state index in [1.54, 1.807) is 47.6 Å². The van der Waals surface area contributed by atoms with Crippen LogP contribution in [0.15, 0.2) is 60.0 Å². The molecule has 0 aliphatic carbocycles. The molecule has 202 valence electrons. The van der Waals surface area contributed by atoms with Gasteiger partial charge in [-0.05, 0) is 84.7 Å². The third-order valence-electron chi connectivity index (χ3n) is 7.40. The number of rotatable bonds is 10. The van der Waals surface area contributed by atoms with Gasteiger partial charge < -0.3 is 19.3 Å². The minimum Gasteiger partial charge on any atom is -0.497 e. The number of thiophene rings is 1. The molecule has 0 saturated carbocycles. The van der Waals surface area contributed by atoms with Crippen molar-refractivity contribution in [3.8, 4) is 11.5 Å². The summed E-state index contributed by atoms with van der Waals surface area (Å²) in [5.74, 6) is 1.72. The Morgan fingerprint density at radius 3 is 2.34 bits per heavy atom. The van der Waals surface area contributed by atoms with Gasteiger partial charge in [-0.1, -0.05) is 32.9 Å². The van der Waals surface area contributed by atoms with Gasteiger partial charge in [0.15, 0.2) is 0 Å². The number of ether oxygens (including phenoxy) is 2. The number of amides is 2. The number of nitrogens with zero attached hydrogens (tertiary/aromatic N) is 2. The predicted octanol–water partition coefficient (Wildman–Crippen LogP) is 6.33. The molecule has 2 unspecified atom stereocenters. The summed E-state index contributed by atoms with van der Waals surface area (Å²) in [5.41, 5.74) is 2.95. The van der Waals surface area contributed by atoms with E-state index in [9.17, 15) is 9.59 Å². The van der Waals surface area contributed by atoms with E-state index in [1.165, 1.54) is 10.4 Å². The summed E-state index contributed by atoms with van der Waals surface area (Å²) in [7, 11) is 1.60. The molecule has 7 heteroatoms. The molecule has 2 atom stereocenters. The van der Waals surface area contributed by atoms with Crippen LogP contribution in [0.4, 0.5) is 0 Å². The van der Waals surface area contributed by atoms with Gasteiger partial charge in [-0.25, -0.2) is 0 Å². The fourth-order valence-electron chi connectivity index (χ4n) is 4.78. The van der Waals surface area contributed by atoms with E-state index in [-0.39, 0.29) is 30.4 Å². The Morgan fingerprint density at radius 1 is 1.03 bits per heavy atom. The maximum Gasteiger partial charge on any atom is 0.254 e. The van der Waals surface area contributed by atoms with Crippen LogP contribution in [0.3, 0.4) is 0 Å². The summed E-state index contributed by atoms with van der Waals surface area (Å²) in [6.07, 6.45) is 1.57. The number of hydrogen-bond acceptors (Lipinski definition) is 5. The predicted molar refractivity (Wildman–Crippen MR) is 152 cm³/mol. The fraction of sp³-hybridized carbons (Fsp3) is 0.419. The van der Waals surface area contributed by atoms with Crippen LogP contribution in [0.2, 0.25) is 0 Å². The first-order chi connectivity index (χ1) is 18.3. The van der Waals surface area contributed by atoms with E-state index >= 15 is 0 Å². The molecule has 0 spiro atoms. The quantitative estimate of drug-likeness (QED) is 0.305. The van der Waals surface area contributed by atoms with Gasteiger partial charge in [-0.3, -0.25) is 9.59 Å². The van der Waals surface area contributed by atoms with Crippen LogP contribution in [0, 0.1) is 0 Å². The minimum absolute atomic E-state index is 0.0267. The van der Waals surface area contributed by atoms with E-state index in [4.69, 9.17) is 9.47 Å². The van der Waals surface area contributed by atoms with Gasteiger partial charge in [0.05, 0.1) is 13.2 Å². The molecule has 38 heavy (non-hydrogen) atoms. The molecule has 0 N–H and O–H groups in total. The summed E-state index contributed by atoms with van der Waals surface area (Å²) in [5, 5.41) is 2.09. The van der Waals surface area contributed by atoms with E-state index in [2.05, 4.69) is 37.4 Å². The van der Waals surface area contributed by atoms with Crippen LogP contribution in [-0.4, -0.2) is 54.5 Å². The molecule has 4 rings (SSSR count). The van der Waals surface area contributed by atoms with Gasteiger partial charge in [0.25, 0.3) is 5.91 Å². The zero-order valence-corrected chi connectivity index (χ0v) is 23.8. The zero-order valence-electron chi connectivity index (χ0n) is 23.0. The lowest BCUT2D eigenvalue weighted by atomic mass is 10.00. The van der Waals surface area contributed by atoms with Crippen molar-refractivity contribution in [2.45, 2.75) is 58.5 Å². The van der Waals surface area contributed by atoms with Crippen molar-refractivity contribution in [2.24, 2.45) is 0 Å². The van der Waals surface area contributed by atoms with Gasteiger partial charge >= 0.3 is 0 Å². The third-order valence-corrected chi connectivity index (χ3v) is 8.39. The second-order valence-electron chi connectivity index (χ2n) is 10.1. The molecule has 2 aromatic carbocycles. The molecule has 3 aromatic rings. The molecule has 2 amide bonds. The molecule has 2 heterocycles. The first kappa shape index (κ1) is 27.7. The summed E-state index contributed by atoms with van der Waals surface area (Å²) in [6, 6.07) is 17.0. The van der Waals surface area contributed by atoms with Gasteiger partial charge in [0.1, 0.15) is 24.7 Å². The van der Waals surface area contributed by atoms with Gasteiger partial charge in [-0.2, -0.15) is 0 Å². The molecule has 0 saturated heterocycles. The number of carbonyl (C=O) groups is 2. The number of fused-ring (bicyclic) bond motifs is 1. The first-order valence-corrected chi connectivity index (χ1v) is 14.2. The van der Waals surface area contributed by atoms with Crippen molar-refractivity contribution >= 4 is 23.2 Å². The van der Waals surface area contributed by atoms with Crippen LogP contribution in [0.25, 0.3) is 0 Å². The van der Waals surface area contributed by atoms with Crippen molar-refractivity contribution in [3.63, 3.8) is 0 Å². The Balaban J connectivity index is 1.52. The van der Waals surface area contributed by atoms with Crippen molar-refractivity contribution in [2.75, 3.05) is 26.8 Å². The lowest BCUT2D eigenvalue weighted by Gasteiger charge is -2.38. The first-order valence-electron chi connectivity index (χ1n) is 13.4. The van der Waals surface area contributed by atoms with E-state index in [0.717, 1.165) is 24.2 Å². The van der Waals surface area contributed by atoms with E-state index < -0.39 is 0 Å². The van der Waals surface area contributed by atoms with Crippen LogP contribution in [0.5, 0.6) is 11.5 Å². The summed E-state index contributed by atoms with van der Waals surface area (Å²) in [6.45, 7) is 9.36. The molecule has 1 aromatic heterocycles. The highest BCUT2D eigenvalue weighted by molar-refractivity contribution is 7.10. The SMILES string of the molecule is CCC(C)N(CC(=O)N1CCc2sccc2C1COc1ccc(C(C)C)cc1)C(=O)c1ccc(OC)cc1. The smallest absolute Gasteiger partial charge is 0.254 e. The highest BCUT2D eigenvalue weighted by atomic mass is 32.1. The molecule has 1 aliphatic rings. The largest absolute Gasteiger partial charge is 0.497 e. The molecule has 6 nitrogen and oxygen atoms in total. The zero-order chi connectivity index (χ0) is 27.2. The number of methoxy groups -OCH3 is 1. The second-order valence-corrected chi connectivity index (χ2v) is 11.1. The standard InChI is InChI=1S/C31H38N2O4S/c1-6-22(4)33(31(35)24-9-11-25(36-5)12-10-24)19-30(34)32-17-15-29-27(16-18-38-29)28(32)20-37-26-13-7-23(8-14-26)21(2)3/h7-14,16,18,21-22,28H,6,15,17,19-20H2,1-5H3. The number of hydrogen-bond donors (Lipinski definition) is 0. The Bertz CT molecular complexity index is 1220. The molecule has 0 radical (unpaired) electrons. The highest BCUT2D eigenvalue weighted by Gasteiger charge is 2.34. The van der Waals surface area contributed by atoms with Crippen LogP contribution in [0.1, 0.15) is 72.4 Å². The second kappa shape index (κ2) is 12.5. The molecule has 1 aliphatic heterocycles. The van der Waals surface area contributed by atoms with Gasteiger partial charge in [0.2, 0.25) is 5.91 Å². The highest BCUT2D eigenvalue weighted by Crippen LogP contribution is 2.34. The summed E-state index contributed by atoms with van der Waals surface area (Å²) >= 11 is 1.73. The monoisotopic (exact) mass is 534 g/mol. The van der Waals surface area contributed by atoms with Crippen molar-refractivity contribution in [1.29, 1.82) is 0 Å². The minimum atomic E-state index is -0.197. The topological polar surface area (TPSA) is 59.1 Å². The molecule has 0 fully saturated rings. The third kappa shape index (κ3) is 6.21. The Morgan fingerprint density at radius 2 is 1.71 bits per heavy atom. The van der Waals surface area contributed by atoms with Crippen LogP contribution in [-0.2, 0) is 11.2 Å². The van der Waals surface area contributed by atoms with Crippen molar-refractivity contribution in [1.82, 2.24) is 9.80 Å². The lowest BCUT2D eigenvalue weighted by molar-refractivity contribution is -0.136. The Kier molecular flexibility index (Phi) is 9.10. The van der Waals surface area contributed by atoms with E-state index in [0.29, 0.717) is 30.4 Å². The molecule has 0 bridgehead atoms. The summed E-state index contributed by atoms with van der Waals surface area (Å²) in [4.78, 5) is 32.2. The Hall–Kier alpha value is -3.32.